The Kier molecular flexibility index (Phi) is 4.19. The van der Waals surface area contributed by atoms with Crippen molar-refractivity contribution in [2.75, 3.05) is 13.2 Å². The zero-order valence-corrected chi connectivity index (χ0v) is 13.2. The Morgan fingerprint density at radius 2 is 1.43 bits per heavy atom. The monoisotopic (exact) mass is 289 g/mol. The van der Waals surface area contributed by atoms with Gasteiger partial charge >= 0.3 is 0 Å². The lowest BCUT2D eigenvalue weighted by molar-refractivity contribution is 0.0437. The predicted molar refractivity (Wildman–Crippen MR) is 81.4 cm³/mol. The molecule has 21 heavy (non-hydrogen) atoms. The van der Waals surface area contributed by atoms with E-state index in [-0.39, 0.29) is 25.0 Å². The fourth-order valence-electron chi connectivity index (χ4n) is 2.95. The molecule has 0 radical (unpaired) electrons. The number of rotatable bonds is 5. The Morgan fingerprint density at radius 1 is 1.00 bits per heavy atom. The second-order valence-corrected chi connectivity index (χ2v) is 6.01. The number of imide groups is 1. The van der Waals surface area contributed by atoms with E-state index in [2.05, 4.69) is 0 Å². The number of aliphatic hydroxyl groups excluding tert-OH is 1. The molecule has 0 saturated heterocycles. The third kappa shape index (κ3) is 2.38. The molecular formula is C17H23NO3. The fourth-order valence-corrected chi connectivity index (χ4v) is 2.95. The Balaban J connectivity index is 2.43. The van der Waals surface area contributed by atoms with E-state index in [1.54, 1.807) is 0 Å². The second-order valence-electron chi connectivity index (χ2n) is 6.01. The van der Waals surface area contributed by atoms with Crippen LogP contribution in [0.2, 0.25) is 0 Å². The number of nitrogens with zero attached hydrogens (tertiary/aromatic N) is 1. The average Bonchev–Trinajstić information content (AvgIpc) is 2.74. The van der Waals surface area contributed by atoms with Gasteiger partial charge in [0.2, 0.25) is 0 Å². The highest BCUT2D eigenvalue weighted by atomic mass is 16.3. The molecule has 0 saturated carbocycles. The van der Waals surface area contributed by atoms with Crippen molar-refractivity contribution in [3.8, 4) is 0 Å². The molecule has 2 rings (SSSR count). The van der Waals surface area contributed by atoms with Crippen molar-refractivity contribution in [3.05, 3.63) is 34.4 Å². The molecule has 1 aromatic rings. The Hall–Kier alpha value is -1.68. The molecule has 4 heteroatoms. The van der Waals surface area contributed by atoms with Gasteiger partial charge in [-0.15, -0.1) is 0 Å². The van der Waals surface area contributed by atoms with Crippen molar-refractivity contribution in [3.63, 3.8) is 0 Å². The number of carbonyl (C=O) groups excluding carboxylic acids is 2. The van der Waals surface area contributed by atoms with Crippen LogP contribution < -0.4 is 0 Å². The van der Waals surface area contributed by atoms with Crippen LogP contribution in [-0.4, -0.2) is 35.0 Å². The normalized spacial score (nSPS) is 14.8. The molecule has 114 valence electrons. The van der Waals surface area contributed by atoms with E-state index in [4.69, 9.17) is 0 Å². The summed E-state index contributed by atoms with van der Waals surface area (Å²) in [5.74, 6) is -0.452. The zero-order valence-electron chi connectivity index (χ0n) is 13.2. The molecular weight excluding hydrogens is 266 g/mol. The van der Waals surface area contributed by atoms with Crippen LogP contribution in [0.3, 0.4) is 0 Å². The van der Waals surface area contributed by atoms with Gasteiger partial charge < -0.3 is 5.11 Å². The smallest absolute Gasteiger partial charge is 0.261 e. The van der Waals surface area contributed by atoms with Gasteiger partial charge in [-0.25, -0.2) is 0 Å². The molecule has 0 bridgehead atoms. The molecule has 1 heterocycles. The zero-order chi connectivity index (χ0) is 15.8. The minimum Gasteiger partial charge on any atom is -0.396 e. The van der Waals surface area contributed by atoms with Gasteiger partial charge in [0.15, 0.2) is 0 Å². The number of benzene rings is 1. The molecule has 0 unspecified atom stereocenters. The predicted octanol–water partition coefficient (Wildman–Crippen LogP) is 2.70. The maximum Gasteiger partial charge on any atom is 0.261 e. The van der Waals surface area contributed by atoms with Crippen LogP contribution in [0.1, 0.15) is 58.5 Å². The van der Waals surface area contributed by atoms with Crippen molar-refractivity contribution in [2.45, 2.75) is 40.5 Å². The lowest BCUT2D eigenvalue weighted by Crippen LogP contribution is -2.42. The molecule has 0 spiro atoms. The summed E-state index contributed by atoms with van der Waals surface area (Å²) in [7, 11) is 0. The second kappa shape index (κ2) is 5.60. The number of aliphatic hydroxyl groups is 1. The van der Waals surface area contributed by atoms with Gasteiger partial charge in [0.1, 0.15) is 0 Å². The first-order valence-corrected chi connectivity index (χ1v) is 7.48. The lowest BCUT2D eigenvalue weighted by atomic mass is 9.82. The van der Waals surface area contributed by atoms with Crippen molar-refractivity contribution in [1.29, 1.82) is 0 Å². The van der Waals surface area contributed by atoms with Gasteiger partial charge in [-0.2, -0.15) is 0 Å². The van der Waals surface area contributed by atoms with Gasteiger partial charge in [-0.1, -0.05) is 26.0 Å². The summed E-state index contributed by atoms with van der Waals surface area (Å²) in [6, 6.07) is 3.75. The number of aryl methyl sites for hydroxylation is 2. The van der Waals surface area contributed by atoms with E-state index >= 15 is 0 Å². The summed E-state index contributed by atoms with van der Waals surface area (Å²) in [5.41, 5.74) is 2.31. The standard InChI is InChI=1S/C17H23NO3/c1-5-17(6-2,10-19)9-18-15(20)13-11(3)7-8-12(4)14(13)16(18)21/h7-8,19H,5-6,9-10H2,1-4H3. The lowest BCUT2D eigenvalue weighted by Gasteiger charge is -2.32. The highest BCUT2D eigenvalue weighted by Gasteiger charge is 2.41. The molecule has 1 N–H and O–H groups in total. The van der Waals surface area contributed by atoms with Crippen LogP contribution in [-0.2, 0) is 0 Å². The van der Waals surface area contributed by atoms with Gasteiger partial charge in [0.25, 0.3) is 11.8 Å². The number of hydrogen-bond donors (Lipinski definition) is 1. The quantitative estimate of drug-likeness (QED) is 0.848. The molecule has 2 amide bonds. The molecule has 0 aromatic heterocycles. The van der Waals surface area contributed by atoms with Crippen LogP contribution in [0.15, 0.2) is 12.1 Å². The maximum atomic E-state index is 12.6. The van der Waals surface area contributed by atoms with Crippen LogP contribution in [0, 0.1) is 19.3 Å². The first-order valence-electron chi connectivity index (χ1n) is 7.48. The minimum atomic E-state index is -0.408. The summed E-state index contributed by atoms with van der Waals surface area (Å²) in [5, 5.41) is 9.69. The van der Waals surface area contributed by atoms with Gasteiger partial charge in [-0.05, 0) is 37.8 Å². The van der Waals surface area contributed by atoms with Crippen molar-refractivity contribution in [2.24, 2.45) is 5.41 Å². The summed E-state index contributed by atoms with van der Waals surface area (Å²) in [4.78, 5) is 26.6. The summed E-state index contributed by atoms with van der Waals surface area (Å²) in [6.07, 6.45) is 1.46. The fraction of sp³-hybridized carbons (Fsp3) is 0.529. The topological polar surface area (TPSA) is 57.6 Å². The first-order chi connectivity index (χ1) is 9.90. The maximum absolute atomic E-state index is 12.6. The molecule has 4 nitrogen and oxygen atoms in total. The van der Waals surface area contributed by atoms with Gasteiger partial charge in [0, 0.05) is 12.0 Å². The van der Waals surface area contributed by atoms with Crippen molar-refractivity contribution in [1.82, 2.24) is 4.90 Å². The highest BCUT2D eigenvalue weighted by molar-refractivity contribution is 6.22. The van der Waals surface area contributed by atoms with Crippen molar-refractivity contribution >= 4 is 11.8 Å². The summed E-state index contributed by atoms with van der Waals surface area (Å²) < 4.78 is 0. The van der Waals surface area contributed by atoms with Crippen LogP contribution in [0.25, 0.3) is 0 Å². The highest BCUT2D eigenvalue weighted by Crippen LogP contribution is 2.33. The average molecular weight is 289 g/mol. The molecule has 0 fully saturated rings. The number of carbonyl (C=O) groups is 2. The number of hydrogen-bond acceptors (Lipinski definition) is 3. The summed E-state index contributed by atoms with van der Waals surface area (Å²) >= 11 is 0. The van der Waals surface area contributed by atoms with E-state index in [0.717, 1.165) is 24.0 Å². The molecule has 0 aliphatic carbocycles. The van der Waals surface area contributed by atoms with Crippen molar-refractivity contribution < 1.29 is 14.7 Å². The number of fused-ring (bicyclic) bond motifs is 1. The van der Waals surface area contributed by atoms with E-state index in [9.17, 15) is 14.7 Å². The third-order valence-corrected chi connectivity index (χ3v) is 4.87. The Labute approximate surface area is 125 Å². The Bertz CT molecular complexity index is 539. The number of amides is 2. The van der Waals surface area contributed by atoms with E-state index < -0.39 is 5.41 Å². The van der Waals surface area contributed by atoms with Crippen LogP contribution in [0.5, 0.6) is 0 Å². The van der Waals surface area contributed by atoms with E-state index in [1.165, 1.54) is 4.90 Å². The van der Waals surface area contributed by atoms with Crippen LogP contribution >= 0.6 is 0 Å². The van der Waals surface area contributed by atoms with E-state index in [0.29, 0.717) is 11.1 Å². The molecule has 1 aliphatic heterocycles. The van der Waals surface area contributed by atoms with Gasteiger partial charge in [-0.3, -0.25) is 14.5 Å². The molecule has 0 atom stereocenters. The summed E-state index contributed by atoms with van der Waals surface area (Å²) in [6.45, 7) is 7.92. The first kappa shape index (κ1) is 15.7. The Morgan fingerprint density at radius 3 is 1.76 bits per heavy atom. The molecule has 1 aliphatic rings. The van der Waals surface area contributed by atoms with Gasteiger partial charge in [0.05, 0.1) is 17.7 Å². The third-order valence-electron chi connectivity index (χ3n) is 4.87. The largest absolute Gasteiger partial charge is 0.396 e. The minimum absolute atomic E-state index is 0.0225. The molecule has 1 aromatic carbocycles. The van der Waals surface area contributed by atoms with E-state index in [1.807, 2.05) is 39.8 Å². The van der Waals surface area contributed by atoms with Crippen LogP contribution in [0.4, 0.5) is 0 Å². The SMILES string of the molecule is CCC(CC)(CO)CN1C(=O)c2c(C)ccc(C)c2C1=O.